The lowest BCUT2D eigenvalue weighted by atomic mass is 10.1. The maximum atomic E-state index is 13.6. The van der Waals surface area contributed by atoms with Gasteiger partial charge in [-0.1, -0.05) is 18.2 Å². The van der Waals surface area contributed by atoms with Crippen LogP contribution in [0.1, 0.15) is 22.8 Å². The molecule has 2 aromatic carbocycles. The average molecular weight is 302 g/mol. The van der Waals surface area contributed by atoms with Gasteiger partial charge in [0.2, 0.25) is 0 Å². The zero-order valence-electron chi connectivity index (χ0n) is 12.1. The Bertz CT molecular complexity index is 680. The first-order valence-electron chi connectivity index (χ1n) is 6.80. The molecule has 0 aliphatic rings. The van der Waals surface area contributed by atoms with Crippen molar-refractivity contribution in [1.29, 1.82) is 5.26 Å². The van der Waals surface area contributed by atoms with E-state index in [9.17, 15) is 13.9 Å². The number of nitrogens with zero attached hydrogens (tertiary/aromatic N) is 2. The summed E-state index contributed by atoms with van der Waals surface area (Å²) in [4.78, 5) is 1.83. The van der Waals surface area contributed by atoms with Crippen molar-refractivity contribution in [2.24, 2.45) is 0 Å². The molecule has 22 heavy (non-hydrogen) atoms. The van der Waals surface area contributed by atoms with Gasteiger partial charge in [-0.2, -0.15) is 5.26 Å². The molecule has 114 valence electrons. The molecular weight excluding hydrogens is 286 g/mol. The molecule has 2 aromatic rings. The number of benzene rings is 2. The second kappa shape index (κ2) is 7.12. The summed E-state index contributed by atoms with van der Waals surface area (Å²) < 4.78 is 26.5. The molecule has 0 aliphatic carbocycles. The molecule has 0 saturated heterocycles. The molecule has 1 N–H and O–H groups in total. The number of rotatable bonds is 5. The second-order valence-electron chi connectivity index (χ2n) is 5.19. The van der Waals surface area contributed by atoms with Crippen LogP contribution in [-0.4, -0.2) is 23.6 Å². The maximum Gasteiger partial charge on any atom is 0.131 e. The molecule has 1 unspecified atom stereocenters. The minimum Gasteiger partial charge on any atom is -0.387 e. The number of nitriles is 1. The zero-order chi connectivity index (χ0) is 16.1. The summed E-state index contributed by atoms with van der Waals surface area (Å²) in [6.07, 6.45) is -1.04. The van der Waals surface area contributed by atoms with Gasteiger partial charge in [-0.3, -0.25) is 4.90 Å². The van der Waals surface area contributed by atoms with Crippen LogP contribution in [0.5, 0.6) is 0 Å². The van der Waals surface area contributed by atoms with Crippen molar-refractivity contribution >= 4 is 0 Å². The molecule has 0 fully saturated rings. The molecule has 0 aromatic heterocycles. The van der Waals surface area contributed by atoms with Crippen LogP contribution in [0.4, 0.5) is 8.78 Å². The maximum absolute atomic E-state index is 13.6. The lowest BCUT2D eigenvalue weighted by Crippen LogP contribution is -2.24. The average Bonchev–Trinajstić information content (AvgIpc) is 2.47. The Kier molecular flexibility index (Phi) is 5.21. The van der Waals surface area contributed by atoms with Crippen molar-refractivity contribution in [2.75, 3.05) is 13.6 Å². The Labute approximate surface area is 128 Å². The molecule has 0 bridgehead atoms. The summed E-state index contributed by atoms with van der Waals surface area (Å²) in [6, 6.07) is 12.3. The van der Waals surface area contributed by atoms with E-state index in [1.54, 1.807) is 19.2 Å². The van der Waals surface area contributed by atoms with Gasteiger partial charge >= 0.3 is 0 Å². The molecule has 0 aliphatic heterocycles. The Morgan fingerprint density at radius 1 is 1.18 bits per heavy atom. The van der Waals surface area contributed by atoms with Gasteiger partial charge in [-0.25, -0.2) is 8.78 Å². The molecule has 0 amide bonds. The highest BCUT2D eigenvalue weighted by Gasteiger charge is 2.15. The Balaban J connectivity index is 1.98. The highest BCUT2D eigenvalue weighted by molar-refractivity contribution is 5.31. The molecular formula is C17H16F2N2O. The van der Waals surface area contributed by atoms with Crippen molar-refractivity contribution < 1.29 is 13.9 Å². The van der Waals surface area contributed by atoms with E-state index < -0.39 is 17.7 Å². The van der Waals surface area contributed by atoms with Crippen molar-refractivity contribution in [1.82, 2.24) is 4.90 Å². The molecule has 3 nitrogen and oxygen atoms in total. The molecule has 2 rings (SSSR count). The Morgan fingerprint density at radius 2 is 1.86 bits per heavy atom. The highest BCUT2D eigenvalue weighted by Crippen LogP contribution is 2.19. The number of likely N-dealkylation sites (N-methyl/N-ethyl adjacent to an activating group) is 1. The SMILES string of the molecule is CN(Cc1ccc(C#N)cc1)CC(O)c1ccc(F)cc1F. The topological polar surface area (TPSA) is 47.3 Å². The van der Waals surface area contributed by atoms with Gasteiger partial charge in [0.1, 0.15) is 11.6 Å². The van der Waals surface area contributed by atoms with Gasteiger partial charge in [0.05, 0.1) is 17.7 Å². The van der Waals surface area contributed by atoms with E-state index in [2.05, 4.69) is 0 Å². The van der Waals surface area contributed by atoms with Gasteiger partial charge in [0.15, 0.2) is 0 Å². The minimum absolute atomic E-state index is 0.0769. The fourth-order valence-electron chi connectivity index (χ4n) is 2.23. The van der Waals surface area contributed by atoms with Gasteiger partial charge in [0.25, 0.3) is 0 Å². The lowest BCUT2D eigenvalue weighted by Gasteiger charge is -2.21. The van der Waals surface area contributed by atoms with E-state index in [0.29, 0.717) is 12.1 Å². The van der Waals surface area contributed by atoms with Crippen molar-refractivity contribution in [2.45, 2.75) is 12.6 Å². The van der Waals surface area contributed by atoms with Crippen LogP contribution in [0.25, 0.3) is 0 Å². The molecule has 1 atom stereocenters. The first-order valence-corrected chi connectivity index (χ1v) is 6.80. The highest BCUT2D eigenvalue weighted by atomic mass is 19.1. The van der Waals surface area contributed by atoms with Crippen LogP contribution in [0, 0.1) is 23.0 Å². The summed E-state index contributed by atoms with van der Waals surface area (Å²) in [5, 5.41) is 18.8. The monoisotopic (exact) mass is 302 g/mol. The number of aliphatic hydroxyl groups excluding tert-OH is 1. The Hall–Kier alpha value is -2.29. The fourth-order valence-corrected chi connectivity index (χ4v) is 2.23. The van der Waals surface area contributed by atoms with Crippen LogP contribution < -0.4 is 0 Å². The van der Waals surface area contributed by atoms with E-state index in [0.717, 1.165) is 17.7 Å². The van der Waals surface area contributed by atoms with Crippen LogP contribution in [-0.2, 0) is 6.54 Å². The smallest absolute Gasteiger partial charge is 0.131 e. The van der Waals surface area contributed by atoms with Gasteiger partial charge < -0.3 is 5.11 Å². The standard InChI is InChI=1S/C17H16F2N2O/c1-21(10-13-4-2-12(9-20)3-5-13)11-17(22)15-7-6-14(18)8-16(15)19/h2-8,17,22H,10-11H2,1H3. The lowest BCUT2D eigenvalue weighted by molar-refractivity contribution is 0.120. The summed E-state index contributed by atoms with van der Waals surface area (Å²) >= 11 is 0. The predicted octanol–water partition coefficient (Wildman–Crippen LogP) is 3.00. The Morgan fingerprint density at radius 3 is 2.45 bits per heavy atom. The van der Waals surface area contributed by atoms with E-state index >= 15 is 0 Å². The van der Waals surface area contributed by atoms with Gasteiger partial charge in [-0.05, 0) is 30.8 Å². The van der Waals surface area contributed by atoms with Crippen LogP contribution in [0.15, 0.2) is 42.5 Å². The quantitative estimate of drug-likeness (QED) is 0.923. The number of halogens is 2. The second-order valence-corrected chi connectivity index (χ2v) is 5.19. The van der Waals surface area contributed by atoms with Crippen LogP contribution in [0.3, 0.4) is 0 Å². The number of hydrogen-bond acceptors (Lipinski definition) is 3. The van der Waals surface area contributed by atoms with E-state index in [1.807, 2.05) is 23.1 Å². The van der Waals surface area contributed by atoms with Crippen LogP contribution in [0.2, 0.25) is 0 Å². The van der Waals surface area contributed by atoms with E-state index in [-0.39, 0.29) is 12.1 Å². The molecule has 0 radical (unpaired) electrons. The summed E-state index contributed by atoms with van der Waals surface area (Å²) in [7, 11) is 1.79. The van der Waals surface area contributed by atoms with Crippen LogP contribution >= 0.6 is 0 Å². The normalized spacial score (nSPS) is 12.2. The van der Waals surface area contributed by atoms with Crippen molar-refractivity contribution in [3.63, 3.8) is 0 Å². The third-order valence-electron chi connectivity index (χ3n) is 3.34. The largest absolute Gasteiger partial charge is 0.387 e. The van der Waals surface area contributed by atoms with E-state index in [4.69, 9.17) is 5.26 Å². The summed E-state index contributed by atoms with van der Waals surface area (Å²) in [5.41, 5.74) is 1.64. The van der Waals surface area contributed by atoms with Gasteiger partial charge in [-0.15, -0.1) is 0 Å². The number of hydrogen-bond donors (Lipinski definition) is 1. The third kappa shape index (κ3) is 4.10. The minimum atomic E-state index is -1.04. The first-order chi connectivity index (χ1) is 10.5. The number of aliphatic hydroxyl groups is 1. The van der Waals surface area contributed by atoms with Gasteiger partial charge in [0, 0.05) is 24.7 Å². The molecule has 0 heterocycles. The third-order valence-corrected chi connectivity index (χ3v) is 3.34. The van der Waals surface area contributed by atoms with E-state index in [1.165, 1.54) is 6.07 Å². The molecule has 0 spiro atoms. The zero-order valence-corrected chi connectivity index (χ0v) is 12.1. The fraction of sp³-hybridized carbons (Fsp3) is 0.235. The van der Waals surface area contributed by atoms with Crippen molar-refractivity contribution in [3.8, 4) is 6.07 Å². The molecule has 5 heteroatoms. The van der Waals surface area contributed by atoms with Crippen molar-refractivity contribution in [3.05, 3.63) is 70.8 Å². The predicted molar refractivity (Wildman–Crippen MR) is 78.8 cm³/mol. The molecule has 0 saturated carbocycles. The summed E-state index contributed by atoms with van der Waals surface area (Å²) in [5.74, 6) is -1.42. The summed E-state index contributed by atoms with van der Waals surface area (Å²) in [6.45, 7) is 0.758. The first kappa shape index (κ1) is 16.1.